The van der Waals surface area contributed by atoms with Gasteiger partial charge in [0, 0.05) is 33.1 Å². The zero-order valence-corrected chi connectivity index (χ0v) is 18.7. The summed E-state index contributed by atoms with van der Waals surface area (Å²) < 4.78 is 20.4. The van der Waals surface area contributed by atoms with Gasteiger partial charge in [-0.1, -0.05) is 19.4 Å². The highest BCUT2D eigenvalue weighted by Gasteiger charge is 2.38. The molecule has 0 spiro atoms. The molecule has 9 heteroatoms. The van der Waals surface area contributed by atoms with Crippen molar-refractivity contribution in [2.45, 2.75) is 71.4 Å². The van der Waals surface area contributed by atoms with Crippen molar-refractivity contribution in [1.29, 1.82) is 0 Å². The van der Waals surface area contributed by atoms with Gasteiger partial charge >= 0.3 is 23.9 Å². The number of benzene rings is 1. The third-order valence-electron chi connectivity index (χ3n) is 4.35. The van der Waals surface area contributed by atoms with Gasteiger partial charge in [0.1, 0.15) is 11.6 Å². The molecule has 0 aliphatic rings. The van der Waals surface area contributed by atoms with Gasteiger partial charge in [-0.05, 0) is 31.0 Å². The van der Waals surface area contributed by atoms with Gasteiger partial charge in [0.2, 0.25) is 0 Å². The van der Waals surface area contributed by atoms with Crippen LogP contribution in [0.15, 0.2) is 18.2 Å². The van der Waals surface area contributed by atoms with Crippen molar-refractivity contribution in [1.82, 2.24) is 0 Å². The molecule has 0 radical (unpaired) electrons. The minimum atomic E-state index is -1.50. The Bertz CT molecular complexity index is 807. The SMILES string of the molecule is CCCCC(=O)O[C@@H](C)CC(N)(Cc1ccc(OC(C)=O)c(OC(C)=O)c1)C(=O)OC. The van der Waals surface area contributed by atoms with E-state index in [9.17, 15) is 19.2 Å². The maximum Gasteiger partial charge on any atom is 0.326 e. The first-order chi connectivity index (χ1) is 14.5. The molecular formula is C22H31NO8. The van der Waals surface area contributed by atoms with Gasteiger partial charge in [0.15, 0.2) is 11.5 Å². The fraction of sp³-hybridized carbons (Fsp3) is 0.545. The lowest BCUT2D eigenvalue weighted by Crippen LogP contribution is -2.53. The predicted molar refractivity (Wildman–Crippen MR) is 111 cm³/mol. The molecule has 1 unspecified atom stereocenters. The van der Waals surface area contributed by atoms with Crippen molar-refractivity contribution in [2.24, 2.45) is 5.73 Å². The first-order valence-corrected chi connectivity index (χ1v) is 10.1. The summed E-state index contributed by atoms with van der Waals surface area (Å²) in [6.45, 7) is 6.05. The van der Waals surface area contributed by atoms with Gasteiger partial charge in [-0.3, -0.25) is 19.2 Å². The normalized spacial score (nSPS) is 13.5. The van der Waals surface area contributed by atoms with Crippen LogP contribution in [0, 0.1) is 0 Å². The molecule has 0 saturated carbocycles. The summed E-state index contributed by atoms with van der Waals surface area (Å²) in [7, 11) is 1.22. The second kappa shape index (κ2) is 12.0. The zero-order valence-electron chi connectivity index (χ0n) is 18.7. The Morgan fingerprint density at radius 3 is 2.23 bits per heavy atom. The highest BCUT2D eigenvalue weighted by Crippen LogP contribution is 2.31. The fourth-order valence-electron chi connectivity index (χ4n) is 3.09. The predicted octanol–water partition coefficient (Wildman–Crippen LogP) is 2.46. The third-order valence-corrected chi connectivity index (χ3v) is 4.35. The van der Waals surface area contributed by atoms with E-state index in [4.69, 9.17) is 24.7 Å². The minimum absolute atomic E-state index is 0.00510. The van der Waals surface area contributed by atoms with Crippen molar-refractivity contribution < 1.29 is 38.1 Å². The summed E-state index contributed by atoms with van der Waals surface area (Å²) in [6.07, 6.45) is 1.27. The quantitative estimate of drug-likeness (QED) is 0.409. The molecule has 172 valence electrons. The van der Waals surface area contributed by atoms with Crippen LogP contribution in [0.3, 0.4) is 0 Å². The summed E-state index contributed by atoms with van der Waals surface area (Å²) in [4.78, 5) is 47.1. The number of esters is 4. The molecule has 0 aliphatic carbocycles. The summed E-state index contributed by atoms with van der Waals surface area (Å²) >= 11 is 0. The number of nitrogens with two attached hydrogens (primary N) is 1. The number of hydrogen-bond donors (Lipinski definition) is 1. The van der Waals surface area contributed by atoms with Crippen LogP contribution in [-0.2, 0) is 35.1 Å². The van der Waals surface area contributed by atoms with Crippen LogP contribution in [-0.4, -0.2) is 42.6 Å². The molecule has 0 saturated heterocycles. The number of methoxy groups -OCH3 is 1. The number of carbonyl (C=O) groups excluding carboxylic acids is 4. The monoisotopic (exact) mass is 437 g/mol. The minimum Gasteiger partial charge on any atom is -0.468 e. The van der Waals surface area contributed by atoms with Crippen LogP contribution in [0.1, 0.15) is 58.9 Å². The second-order valence-corrected chi connectivity index (χ2v) is 7.40. The standard InChI is InChI=1S/C22H31NO8/c1-6-7-8-20(26)29-14(2)12-22(23,21(27)28-5)13-17-9-10-18(30-15(3)24)19(11-17)31-16(4)25/h9-11,14H,6-8,12-13,23H2,1-5H3/t14-,22?/m0/s1. The molecule has 0 aromatic heterocycles. The van der Waals surface area contributed by atoms with Crippen LogP contribution in [0.5, 0.6) is 11.5 Å². The zero-order chi connectivity index (χ0) is 23.6. The Kier molecular flexibility index (Phi) is 10.1. The number of carbonyl (C=O) groups is 4. The third kappa shape index (κ3) is 8.75. The molecule has 9 nitrogen and oxygen atoms in total. The van der Waals surface area contributed by atoms with E-state index in [1.54, 1.807) is 13.0 Å². The van der Waals surface area contributed by atoms with Gasteiger partial charge in [-0.25, -0.2) is 0 Å². The topological polar surface area (TPSA) is 131 Å². The van der Waals surface area contributed by atoms with Crippen LogP contribution in [0.25, 0.3) is 0 Å². The molecular weight excluding hydrogens is 406 g/mol. The van der Waals surface area contributed by atoms with Crippen molar-refractivity contribution in [3.05, 3.63) is 23.8 Å². The molecule has 0 bridgehead atoms. The largest absolute Gasteiger partial charge is 0.468 e. The van der Waals surface area contributed by atoms with Crippen molar-refractivity contribution in [2.75, 3.05) is 7.11 Å². The van der Waals surface area contributed by atoms with E-state index >= 15 is 0 Å². The van der Waals surface area contributed by atoms with E-state index in [0.29, 0.717) is 18.4 Å². The van der Waals surface area contributed by atoms with E-state index in [0.717, 1.165) is 6.42 Å². The molecule has 1 aromatic carbocycles. The second-order valence-electron chi connectivity index (χ2n) is 7.40. The lowest BCUT2D eigenvalue weighted by molar-refractivity contribution is -0.155. The number of hydrogen-bond acceptors (Lipinski definition) is 9. The van der Waals surface area contributed by atoms with Gasteiger partial charge in [0.05, 0.1) is 7.11 Å². The maximum absolute atomic E-state index is 12.5. The molecule has 0 amide bonds. The number of rotatable bonds is 11. The van der Waals surface area contributed by atoms with E-state index in [1.165, 1.54) is 33.1 Å². The summed E-state index contributed by atoms with van der Waals surface area (Å²) in [5, 5.41) is 0. The van der Waals surface area contributed by atoms with Crippen LogP contribution in [0.2, 0.25) is 0 Å². The Balaban J connectivity index is 3.09. The molecule has 2 atom stereocenters. The molecule has 0 aliphatic heterocycles. The van der Waals surface area contributed by atoms with Gasteiger partial charge < -0.3 is 24.7 Å². The van der Waals surface area contributed by atoms with Crippen molar-refractivity contribution >= 4 is 23.9 Å². The first kappa shape index (κ1) is 26.1. The van der Waals surface area contributed by atoms with Gasteiger partial charge in [-0.2, -0.15) is 0 Å². The van der Waals surface area contributed by atoms with E-state index in [2.05, 4.69) is 0 Å². The summed E-state index contributed by atoms with van der Waals surface area (Å²) in [5.74, 6) is -2.14. The van der Waals surface area contributed by atoms with Crippen LogP contribution in [0.4, 0.5) is 0 Å². The number of ether oxygens (including phenoxy) is 4. The van der Waals surface area contributed by atoms with Crippen LogP contribution >= 0.6 is 0 Å². The first-order valence-electron chi connectivity index (χ1n) is 10.1. The highest BCUT2D eigenvalue weighted by molar-refractivity contribution is 5.81. The van der Waals surface area contributed by atoms with Gasteiger partial charge in [0.25, 0.3) is 0 Å². The van der Waals surface area contributed by atoms with Crippen molar-refractivity contribution in [3.63, 3.8) is 0 Å². The van der Waals surface area contributed by atoms with Gasteiger partial charge in [-0.15, -0.1) is 0 Å². The lowest BCUT2D eigenvalue weighted by atomic mass is 9.86. The highest BCUT2D eigenvalue weighted by atomic mass is 16.6. The van der Waals surface area contributed by atoms with E-state index < -0.39 is 29.6 Å². The Morgan fingerprint density at radius 1 is 1.06 bits per heavy atom. The molecule has 1 rings (SSSR count). The molecule has 0 fully saturated rings. The van der Waals surface area contributed by atoms with E-state index in [-0.39, 0.29) is 30.3 Å². The summed E-state index contributed by atoms with van der Waals surface area (Å²) in [6, 6.07) is 4.50. The molecule has 1 aromatic rings. The average molecular weight is 437 g/mol. The maximum atomic E-state index is 12.5. The lowest BCUT2D eigenvalue weighted by Gasteiger charge is -2.29. The van der Waals surface area contributed by atoms with Crippen molar-refractivity contribution in [3.8, 4) is 11.5 Å². The van der Waals surface area contributed by atoms with Crippen LogP contribution < -0.4 is 15.2 Å². The average Bonchev–Trinajstić information content (AvgIpc) is 2.66. The Labute approximate surface area is 182 Å². The molecule has 2 N–H and O–H groups in total. The molecule has 0 heterocycles. The Morgan fingerprint density at radius 2 is 1.68 bits per heavy atom. The fourth-order valence-corrected chi connectivity index (χ4v) is 3.09. The smallest absolute Gasteiger partial charge is 0.326 e. The van der Waals surface area contributed by atoms with E-state index in [1.807, 2.05) is 6.92 Å². The number of unbranched alkanes of at least 4 members (excludes halogenated alkanes) is 1. The summed E-state index contributed by atoms with van der Waals surface area (Å²) in [5.41, 5.74) is 5.40. The Hall–Kier alpha value is -2.94. The molecule has 31 heavy (non-hydrogen) atoms.